The predicted octanol–water partition coefficient (Wildman–Crippen LogP) is 1.69. The largest absolute Gasteiger partial charge is 0.365 e. The van der Waals surface area contributed by atoms with Gasteiger partial charge in [-0.3, -0.25) is 4.79 Å². The van der Waals surface area contributed by atoms with Gasteiger partial charge in [0.2, 0.25) is 0 Å². The van der Waals surface area contributed by atoms with Gasteiger partial charge in [0, 0.05) is 31.3 Å². The molecule has 0 radical (unpaired) electrons. The van der Waals surface area contributed by atoms with Crippen LogP contribution in [0.25, 0.3) is 0 Å². The van der Waals surface area contributed by atoms with Crippen molar-refractivity contribution in [3.05, 3.63) is 0 Å². The van der Waals surface area contributed by atoms with Crippen LogP contribution in [0.15, 0.2) is 0 Å². The number of carbonyl (C=O) groups is 1. The van der Waals surface area contributed by atoms with Crippen molar-refractivity contribution in [1.29, 1.82) is 0 Å². The fourth-order valence-electron chi connectivity index (χ4n) is 4.10. The summed E-state index contributed by atoms with van der Waals surface area (Å²) < 4.78 is 5.74. The van der Waals surface area contributed by atoms with Crippen molar-refractivity contribution >= 4 is 5.91 Å². The fraction of sp³-hybridized carbons (Fsp3) is 0.933. The molecule has 0 aliphatic carbocycles. The van der Waals surface area contributed by atoms with E-state index >= 15 is 0 Å². The van der Waals surface area contributed by atoms with Gasteiger partial charge in [-0.15, -0.1) is 0 Å². The Labute approximate surface area is 115 Å². The third-order valence-corrected chi connectivity index (χ3v) is 5.16. The quantitative estimate of drug-likeness (QED) is 0.845. The minimum absolute atomic E-state index is 0.221. The molecule has 3 unspecified atom stereocenters. The maximum absolute atomic E-state index is 12.8. The van der Waals surface area contributed by atoms with E-state index in [1.54, 1.807) is 0 Å². The Morgan fingerprint density at radius 3 is 2.58 bits per heavy atom. The molecule has 0 aromatic carbocycles. The SMILES string of the molecule is CCN(C(=O)C1(C)CCCO1)C1CC2CCC(C1)N2. The average molecular weight is 266 g/mol. The minimum Gasteiger partial charge on any atom is -0.365 e. The third-order valence-electron chi connectivity index (χ3n) is 5.16. The van der Waals surface area contributed by atoms with E-state index in [4.69, 9.17) is 4.74 Å². The van der Waals surface area contributed by atoms with Crippen LogP contribution >= 0.6 is 0 Å². The van der Waals surface area contributed by atoms with Gasteiger partial charge in [0.05, 0.1) is 0 Å². The number of amides is 1. The predicted molar refractivity (Wildman–Crippen MR) is 73.9 cm³/mol. The lowest BCUT2D eigenvalue weighted by molar-refractivity contribution is -0.154. The maximum Gasteiger partial charge on any atom is 0.254 e. The Morgan fingerprint density at radius 2 is 2.05 bits per heavy atom. The molecule has 0 spiro atoms. The molecular formula is C15H26N2O2. The lowest BCUT2D eigenvalue weighted by Crippen LogP contribution is -2.55. The van der Waals surface area contributed by atoms with Crippen molar-refractivity contribution in [2.75, 3.05) is 13.2 Å². The van der Waals surface area contributed by atoms with Gasteiger partial charge in [0.15, 0.2) is 0 Å². The van der Waals surface area contributed by atoms with Crippen molar-refractivity contribution in [3.8, 4) is 0 Å². The first-order valence-corrected chi connectivity index (χ1v) is 7.83. The Bertz CT molecular complexity index is 340. The van der Waals surface area contributed by atoms with E-state index < -0.39 is 5.60 Å². The number of likely N-dealkylation sites (N-methyl/N-ethyl adjacent to an activating group) is 1. The molecule has 3 atom stereocenters. The molecule has 3 aliphatic heterocycles. The van der Waals surface area contributed by atoms with E-state index in [0.29, 0.717) is 18.1 Å². The molecule has 108 valence electrons. The van der Waals surface area contributed by atoms with Crippen molar-refractivity contribution in [2.24, 2.45) is 0 Å². The second kappa shape index (κ2) is 5.06. The zero-order valence-electron chi connectivity index (χ0n) is 12.2. The minimum atomic E-state index is -0.556. The summed E-state index contributed by atoms with van der Waals surface area (Å²) in [6.07, 6.45) is 6.68. The summed E-state index contributed by atoms with van der Waals surface area (Å²) in [5.74, 6) is 0.221. The molecule has 0 aromatic heterocycles. The zero-order chi connectivity index (χ0) is 13.5. The van der Waals surface area contributed by atoms with Crippen LogP contribution < -0.4 is 5.32 Å². The first-order valence-electron chi connectivity index (χ1n) is 7.83. The van der Waals surface area contributed by atoms with Gasteiger partial charge in [0.25, 0.3) is 5.91 Å². The number of fused-ring (bicyclic) bond motifs is 2. The number of rotatable bonds is 3. The highest BCUT2D eigenvalue weighted by Gasteiger charge is 2.44. The first kappa shape index (κ1) is 13.4. The Hall–Kier alpha value is -0.610. The smallest absolute Gasteiger partial charge is 0.254 e. The van der Waals surface area contributed by atoms with E-state index in [1.807, 2.05) is 6.92 Å². The van der Waals surface area contributed by atoms with Crippen molar-refractivity contribution in [3.63, 3.8) is 0 Å². The number of ether oxygens (including phenoxy) is 1. The molecule has 3 heterocycles. The van der Waals surface area contributed by atoms with Crippen molar-refractivity contribution in [1.82, 2.24) is 10.2 Å². The molecule has 4 nitrogen and oxygen atoms in total. The summed E-state index contributed by atoms with van der Waals surface area (Å²) in [5, 5.41) is 3.65. The highest BCUT2D eigenvalue weighted by molar-refractivity contribution is 5.85. The highest BCUT2D eigenvalue weighted by Crippen LogP contribution is 2.33. The molecule has 3 aliphatic rings. The van der Waals surface area contributed by atoms with Crippen molar-refractivity contribution in [2.45, 2.75) is 76.1 Å². The fourth-order valence-corrected chi connectivity index (χ4v) is 4.10. The standard InChI is InChI=1S/C15H26N2O2/c1-3-17(14(18)15(2)7-4-8-19-15)13-9-11-5-6-12(10-13)16-11/h11-13,16H,3-10H2,1-2H3. The summed E-state index contributed by atoms with van der Waals surface area (Å²) in [5.41, 5.74) is -0.556. The summed E-state index contributed by atoms with van der Waals surface area (Å²) in [6.45, 7) is 5.61. The number of hydrogen-bond acceptors (Lipinski definition) is 3. The normalized spacial score (nSPS) is 41.5. The number of hydrogen-bond donors (Lipinski definition) is 1. The number of nitrogens with zero attached hydrogens (tertiary/aromatic N) is 1. The molecule has 4 heteroatoms. The van der Waals surface area contributed by atoms with E-state index in [0.717, 1.165) is 38.8 Å². The molecular weight excluding hydrogens is 240 g/mol. The van der Waals surface area contributed by atoms with Crippen molar-refractivity contribution < 1.29 is 9.53 Å². The molecule has 2 bridgehead atoms. The molecule has 0 aromatic rings. The summed E-state index contributed by atoms with van der Waals surface area (Å²) >= 11 is 0. The van der Waals surface area contributed by atoms with Crippen LogP contribution in [0.2, 0.25) is 0 Å². The van der Waals surface area contributed by atoms with Gasteiger partial charge in [0.1, 0.15) is 5.60 Å². The van der Waals surface area contributed by atoms with E-state index in [2.05, 4.69) is 17.1 Å². The summed E-state index contributed by atoms with van der Waals surface area (Å²) in [7, 11) is 0. The van der Waals surface area contributed by atoms with Gasteiger partial charge in [-0.2, -0.15) is 0 Å². The van der Waals surface area contributed by atoms with E-state index in [1.165, 1.54) is 12.8 Å². The second-order valence-corrected chi connectivity index (χ2v) is 6.54. The summed E-state index contributed by atoms with van der Waals surface area (Å²) in [6, 6.07) is 1.67. The average Bonchev–Trinajstić information content (AvgIpc) is 2.98. The van der Waals surface area contributed by atoms with Crippen LogP contribution in [0, 0.1) is 0 Å². The Morgan fingerprint density at radius 1 is 1.37 bits per heavy atom. The lowest BCUT2D eigenvalue weighted by atomic mass is 9.94. The van der Waals surface area contributed by atoms with Crippen LogP contribution in [0.4, 0.5) is 0 Å². The Balaban J connectivity index is 1.71. The molecule has 19 heavy (non-hydrogen) atoms. The third kappa shape index (κ3) is 2.40. The Kier molecular flexibility index (Phi) is 3.56. The molecule has 3 rings (SSSR count). The molecule has 3 saturated heterocycles. The van der Waals surface area contributed by atoms with Gasteiger partial charge < -0.3 is 15.0 Å². The van der Waals surface area contributed by atoms with E-state index in [9.17, 15) is 4.79 Å². The number of nitrogens with one attached hydrogen (secondary N) is 1. The molecule has 3 fully saturated rings. The van der Waals surface area contributed by atoms with Crippen LogP contribution in [0.5, 0.6) is 0 Å². The number of carbonyl (C=O) groups excluding carboxylic acids is 1. The number of piperidine rings is 1. The topological polar surface area (TPSA) is 41.6 Å². The molecule has 1 N–H and O–H groups in total. The van der Waals surface area contributed by atoms with Crippen LogP contribution in [-0.4, -0.2) is 47.7 Å². The maximum atomic E-state index is 12.8. The van der Waals surface area contributed by atoms with Gasteiger partial charge >= 0.3 is 0 Å². The first-order chi connectivity index (χ1) is 9.12. The van der Waals surface area contributed by atoms with Gasteiger partial charge in [-0.25, -0.2) is 0 Å². The zero-order valence-corrected chi connectivity index (χ0v) is 12.2. The monoisotopic (exact) mass is 266 g/mol. The second-order valence-electron chi connectivity index (χ2n) is 6.54. The summed E-state index contributed by atoms with van der Waals surface area (Å²) in [4.78, 5) is 14.9. The highest BCUT2D eigenvalue weighted by atomic mass is 16.5. The van der Waals surface area contributed by atoms with Gasteiger partial charge in [-0.1, -0.05) is 0 Å². The van der Waals surface area contributed by atoms with Crippen LogP contribution in [-0.2, 0) is 9.53 Å². The lowest BCUT2D eigenvalue weighted by Gasteiger charge is -2.40. The van der Waals surface area contributed by atoms with Crippen LogP contribution in [0.1, 0.15) is 52.4 Å². The molecule has 0 saturated carbocycles. The van der Waals surface area contributed by atoms with Crippen LogP contribution in [0.3, 0.4) is 0 Å². The van der Waals surface area contributed by atoms with E-state index in [-0.39, 0.29) is 5.91 Å². The van der Waals surface area contributed by atoms with Gasteiger partial charge in [-0.05, 0) is 52.4 Å². The molecule has 1 amide bonds.